The third-order valence-electron chi connectivity index (χ3n) is 5.02. The van der Waals surface area contributed by atoms with Gasteiger partial charge in [0, 0.05) is 32.4 Å². The Kier molecular flexibility index (Phi) is 5.74. The van der Waals surface area contributed by atoms with Gasteiger partial charge in [0.1, 0.15) is 11.4 Å². The zero-order chi connectivity index (χ0) is 19.4. The van der Waals surface area contributed by atoms with Gasteiger partial charge in [0.15, 0.2) is 6.61 Å². The second kappa shape index (κ2) is 8.20. The third kappa shape index (κ3) is 4.27. The van der Waals surface area contributed by atoms with Crippen LogP contribution in [0.2, 0.25) is 0 Å². The van der Waals surface area contributed by atoms with Crippen molar-refractivity contribution in [1.82, 2.24) is 14.8 Å². The van der Waals surface area contributed by atoms with Gasteiger partial charge in [-0.2, -0.15) is 0 Å². The normalized spacial score (nSPS) is 14.2. The molecule has 6 heteroatoms. The van der Waals surface area contributed by atoms with Gasteiger partial charge in [-0.1, -0.05) is 18.2 Å². The summed E-state index contributed by atoms with van der Waals surface area (Å²) in [5.41, 5.74) is 3.67. The summed E-state index contributed by atoms with van der Waals surface area (Å²) in [5.74, 6) is 0.637. The molecule has 27 heavy (non-hydrogen) atoms. The zero-order valence-electron chi connectivity index (χ0n) is 16.1. The van der Waals surface area contributed by atoms with Crippen molar-refractivity contribution in [3.63, 3.8) is 0 Å². The zero-order valence-corrected chi connectivity index (χ0v) is 16.1. The summed E-state index contributed by atoms with van der Waals surface area (Å²) in [6.45, 7) is 8.05. The first kappa shape index (κ1) is 18.9. The maximum absolute atomic E-state index is 12.5. The predicted octanol–water partition coefficient (Wildman–Crippen LogP) is 2.37. The van der Waals surface area contributed by atoms with Crippen LogP contribution in [0.4, 0.5) is 0 Å². The van der Waals surface area contributed by atoms with Crippen LogP contribution in [-0.2, 0) is 4.79 Å². The van der Waals surface area contributed by atoms with Crippen LogP contribution in [0.3, 0.4) is 0 Å². The van der Waals surface area contributed by atoms with Crippen LogP contribution in [0.15, 0.2) is 36.5 Å². The van der Waals surface area contributed by atoms with Crippen LogP contribution in [0.5, 0.6) is 5.75 Å². The lowest BCUT2D eigenvalue weighted by Gasteiger charge is -2.34. The number of rotatable bonds is 4. The lowest BCUT2D eigenvalue weighted by atomic mass is 10.1. The number of nitrogens with zero attached hydrogens (tertiary/aromatic N) is 3. The van der Waals surface area contributed by atoms with Gasteiger partial charge in [0.25, 0.3) is 11.8 Å². The Morgan fingerprint density at radius 2 is 1.63 bits per heavy atom. The molecule has 6 nitrogen and oxygen atoms in total. The van der Waals surface area contributed by atoms with E-state index in [0.29, 0.717) is 31.9 Å². The molecule has 1 saturated heterocycles. The van der Waals surface area contributed by atoms with E-state index in [4.69, 9.17) is 4.74 Å². The summed E-state index contributed by atoms with van der Waals surface area (Å²) < 4.78 is 5.83. The molecule has 1 aromatic carbocycles. The van der Waals surface area contributed by atoms with Crippen LogP contribution >= 0.6 is 0 Å². The van der Waals surface area contributed by atoms with E-state index < -0.39 is 0 Å². The lowest BCUT2D eigenvalue weighted by molar-refractivity contribution is -0.134. The second-order valence-corrected chi connectivity index (χ2v) is 6.83. The topological polar surface area (TPSA) is 62.7 Å². The van der Waals surface area contributed by atoms with E-state index in [1.165, 1.54) is 0 Å². The van der Waals surface area contributed by atoms with E-state index in [1.807, 2.05) is 26.8 Å². The number of aryl methyl sites for hydroxylation is 2. The van der Waals surface area contributed by atoms with Gasteiger partial charge in [-0.25, -0.2) is 0 Å². The van der Waals surface area contributed by atoms with Crippen molar-refractivity contribution >= 4 is 11.8 Å². The summed E-state index contributed by atoms with van der Waals surface area (Å²) in [6.07, 6.45) is 1.61. The molecule has 2 heterocycles. The average Bonchev–Trinajstić information content (AvgIpc) is 2.71. The molecule has 142 valence electrons. The maximum Gasteiger partial charge on any atom is 0.272 e. The number of carbonyl (C=O) groups excluding carboxylic acids is 2. The molecule has 3 rings (SSSR count). The van der Waals surface area contributed by atoms with Crippen LogP contribution in [0, 0.1) is 20.8 Å². The minimum absolute atomic E-state index is 0.0132. The molecule has 0 bridgehead atoms. The van der Waals surface area contributed by atoms with E-state index in [2.05, 4.69) is 11.1 Å². The van der Waals surface area contributed by atoms with Crippen molar-refractivity contribution in [2.24, 2.45) is 0 Å². The Morgan fingerprint density at radius 3 is 2.30 bits per heavy atom. The number of aromatic nitrogens is 1. The van der Waals surface area contributed by atoms with Gasteiger partial charge in [-0.3, -0.25) is 14.6 Å². The minimum Gasteiger partial charge on any atom is -0.483 e. The van der Waals surface area contributed by atoms with Gasteiger partial charge >= 0.3 is 0 Å². The van der Waals surface area contributed by atoms with E-state index in [0.717, 1.165) is 22.4 Å². The summed E-state index contributed by atoms with van der Waals surface area (Å²) in [7, 11) is 0. The molecule has 1 fully saturated rings. The fourth-order valence-corrected chi connectivity index (χ4v) is 3.18. The molecule has 2 aromatic rings. The first-order valence-electron chi connectivity index (χ1n) is 9.15. The summed E-state index contributed by atoms with van der Waals surface area (Å²) >= 11 is 0. The van der Waals surface area contributed by atoms with E-state index >= 15 is 0 Å². The Hall–Kier alpha value is -2.89. The molecule has 0 aliphatic carbocycles. The number of amides is 2. The van der Waals surface area contributed by atoms with E-state index in [1.54, 1.807) is 34.2 Å². The highest BCUT2D eigenvalue weighted by molar-refractivity contribution is 5.92. The maximum atomic E-state index is 12.5. The Morgan fingerprint density at radius 1 is 0.963 bits per heavy atom. The molecule has 0 unspecified atom stereocenters. The fraction of sp³-hybridized carbons (Fsp3) is 0.381. The summed E-state index contributed by atoms with van der Waals surface area (Å²) in [4.78, 5) is 32.5. The van der Waals surface area contributed by atoms with Crippen LogP contribution < -0.4 is 4.74 Å². The highest BCUT2D eigenvalue weighted by Gasteiger charge is 2.25. The van der Waals surface area contributed by atoms with Crippen molar-refractivity contribution in [1.29, 1.82) is 0 Å². The van der Waals surface area contributed by atoms with E-state index in [9.17, 15) is 9.59 Å². The first-order chi connectivity index (χ1) is 13.0. The molecule has 2 amide bonds. The van der Waals surface area contributed by atoms with Crippen molar-refractivity contribution < 1.29 is 14.3 Å². The number of hydrogen-bond acceptors (Lipinski definition) is 4. The summed E-state index contributed by atoms with van der Waals surface area (Å²) in [5, 5.41) is 0. The van der Waals surface area contributed by atoms with Crippen LogP contribution in [-0.4, -0.2) is 59.4 Å². The standard InChI is InChI=1S/C21H25N3O3/c1-15-7-8-16(2)20(17(15)3)27-14-19(25)23-10-12-24(13-11-23)21(26)18-6-4-5-9-22-18/h4-9H,10-14H2,1-3H3. The number of hydrogen-bond donors (Lipinski definition) is 0. The van der Waals surface area contributed by atoms with Gasteiger partial charge in [0.2, 0.25) is 0 Å². The molecule has 0 atom stereocenters. The molecule has 0 N–H and O–H groups in total. The van der Waals surface area contributed by atoms with E-state index in [-0.39, 0.29) is 18.4 Å². The van der Waals surface area contributed by atoms with Crippen LogP contribution in [0.25, 0.3) is 0 Å². The van der Waals surface area contributed by atoms with Crippen molar-refractivity contribution in [2.45, 2.75) is 20.8 Å². The average molecular weight is 367 g/mol. The lowest BCUT2D eigenvalue weighted by Crippen LogP contribution is -2.51. The highest BCUT2D eigenvalue weighted by atomic mass is 16.5. The molecular formula is C21H25N3O3. The Labute approximate surface area is 159 Å². The van der Waals surface area contributed by atoms with Gasteiger partial charge in [0.05, 0.1) is 0 Å². The largest absolute Gasteiger partial charge is 0.483 e. The molecular weight excluding hydrogens is 342 g/mol. The van der Waals surface area contributed by atoms with Crippen LogP contribution in [0.1, 0.15) is 27.2 Å². The third-order valence-corrected chi connectivity index (χ3v) is 5.02. The highest BCUT2D eigenvalue weighted by Crippen LogP contribution is 2.25. The molecule has 1 aliphatic rings. The number of pyridine rings is 1. The monoisotopic (exact) mass is 367 g/mol. The first-order valence-corrected chi connectivity index (χ1v) is 9.15. The quantitative estimate of drug-likeness (QED) is 0.832. The van der Waals surface area contributed by atoms with Gasteiger partial charge < -0.3 is 14.5 Å². The Bertz CT molecular complexity index is 828. The second-order valence-electron chi connectivity index (χ2n) is 6.83. The number of benzene rings is 1. The van der Waals surface area contributed by atoms with Crippen molar-refractivity contribution in [2.75, 3.05) is 32.8 Å². The molecule has 0 radical (unpaired) electrons. The van der Waals surface area contributed by atoms with Crippen molar-refractivity contribution in [3.05, 3.63) is 58.9 Å². The molecule has 0 saturated carbocycles. The molecule has 0 spiro atoms. The smallest absolute Gasteiger partial charge is 0.272 e. The minimum atomic E-state index is -0.0926. The SMILES string of the molecule is Cc1ccc(C)c(OCC(=O)N2CCN(C(=O)c3ccccn3)CC2)c1C. The molecule has 1 aromatic heterocycles. The van der Waals surface area contributed by atoms with Gasteiger partial charge in [-0.15, -0.1) is 0 Å². The molecule has 1 aliphatic heterocycles. The van der Waals surface area contributed by atoms with Gasteiger partial charge in [-0.05, 0) is 49.6 Å². The van der Waals surface area contributed by atoms with Crippen molar-refractivity contribution in [3.8, 4) is 5.75 Å². The fourth-order valence-electron chi connectivity index (χ4n) is 3.18. The summed E-state index contributed by atoms with van der Waals surface area (Å²) in [6, 6.07) is 9.35. The number of piperazine rings is 1. The number of ether oxygens (including phenoxy) is 1. The Balaban J connectivity index is 1.53. The predicted molar refractivity (Wildman–Crippen MR) is 103 cm³/mol. The number of carbonyl (C=O) groups is 2.